The van der Waals surface area contributed by atoms with E-state index >= 15 is 0 Å². The van der Waals surface area contributed by atoms with E-state index in [0.29, 0.717) is 6.54 Å². The Balaban J connectivity index is 3.11. The number of hydrogen-bond acceptors (Lipinski definition) is 7. The van der Waals surface area contributed by atoms with Crippen LogP contribution in [0.5, 0.6) is 0 Å². The molecule has 1 aromatic rings. The number of aliphatic hydroxyl groups is 2. The summed E-state index contributed by atoms with van der Waals surface area (Å²) in [7, 11) is 2.85. The van der Waals surface area contributed by atoms with Gasteiger partial charge < -0.3 is 20.3 Å². The molecule has 0 aliphatic carbocycles. The van der Waals surface area contributed by atoms with E-state index in [0.717, 1.165) is 6.07 Å². The van der Waals surface area contributed by atoms with Crippen molar-refractivity contribution in [1.29, 1.82) is 0 Å². The lowest BCUT2D eigenvalue weighted by atomic mass is 9.98. The van der Waals surface area contributed by atoms with Crippen molar-refractivity contribution in [2.24, 2.45) is 0 Å². The molecule has 1 aromatic carbocycles. The van der Waals surface area contributed by atoms with E-state index in [1.165, 1.54) is 19.2 Å². The van der Waals surface area contributed by atoms with Gasteiger partial charge in [0.2, 0.25) is 0 Å². The average molecular weight is 298 g/mol. The van der Waals surface area contributed by atoms with Crippen LogP contribution in [-0.4, -0.2) is 47.9 Å². The summed E-state index contributed by atoms with van der Waals surface area (Å²) in [5.74, 6) is -0.713. The molecule has 2 atom stereocenters. The molecule has 8 nitrogen and oxygen atoms in total. The van der Waals surface area contributed by atoms with Crippen LogP contribution in [0.3, 0.4) is 0 Å². The molecule has 116 valence electrons. The summed E-state index contributed by atoms with van der Waals surface area (Å²) < 4.78 is 4.49. The molecule has 0 saturated heterocycles. The summed E-state index contributed by atoms with van der Waals surface area (Å²) in [6.45, 7) is 0.451. The van der Waals surface area contributed by atoms with E-state index in [2.05, 4.69) is 10.1 Å². The SMILES string of the molecule is CNCCC(O)C(O)c1ccc(C(=O)OC)cc1[N+](=O)[O-]. The van der Waals surface area contributed by atoms with Gasteiger partial charge in [-0.25, -0.2) is 4.79 Å². The van der Waals surface area contributed by atoms with E-state index in [1.54, 1.807) is 7.05 Å². The maximum absolute atomic E-state index is 11.4. The fourth-order valence-electron chi connectivity index (χ4n) is 1.85. The zero-order valence-electron chi connectivity index (χ0n) is 11.8. The number of carbonyl (C=O) groups is 1. The number of methoxy groups -OCH3 is 1. The summed E-state index contributed by atoms with van der Waals surface area (Å²) in [4.78, 5) is 21.7. The highest BCUT2D eigenvalue weighted by atomic mass is 16.6. The lowest BCUT2D eigenvalue weighted by molar-refractivity contribution is -0.386. The van der Waals surface area contributed by atoms with Gasteiger partial charge in [0.25, 0.3) is 5.69 Å². The summed E-state index contributed by atoms with van der Waals surface area (Å²) in [5, 5.41) is 33.7. The van der Waals surface area contributed by atoms with Crippen molar-refractivity contribution in [3.63, 3.8) is 0 Å². The third kappa shape index (κ3) is 4.22. The Morgan fingerprint density at radius 1 is 1.48 bits per heavy atom. The molecule has 0 spiro atoms. The van der Waals surface area contributed by atoms with E-state index in [9.17, 15) is 25.1 Å². The molecule has 1 rings (SSSR count). The van der Waals surface area contributed by atoms with Crippen molar-refractivity contribution in [3.05, 3.63) is 39.4 Å². The molecule has 0 fully saturated rings. The number of ether oxygens (including phenoxy) is 1. The Bertz CT molecular complexity index is 519. The fourth-order valence-corrected chi connectivity index (χ4v) is 1.85. The standard InChI is InChI=1S/C13H18N2O6/c1-14-6-5-11(16)12(17)9-4-3-8(13(18)21-2)7-10(9)15(19)20/h3-4,7,11-12,14,16-17H,5-6H2,1-2H3. The summed E-state index contributed by atoms with van der Waals surface area (Å²) in [6, 6.07) is 3.58. The highest BCUT2D eigenvalue weighted by Gasteiger charge is 2.27. The molecule has 0 aliphatic rings. The molecule has 2 unspecified atom stereocenters. The molecular weight excluding hydrogens is 280 g/mol. The minimum atomic E-state index is -1.41. The Hall–Kier alpha value is -2.03. The Kier molecular flexibility index (Phi) is 6.22. The van der Waals surface area contributed by atoms with Crippen molar-refractivity contribution in [1.82, 2.24) is 5.32 Å². The zero-order chi connectivity index (χ0) is 16.0. The number of esters is 1. The van der Waals surface area contributed by atoms with Gasteiger partial charge in [-0.2, -0.15) is 0 Å². The van der Waals surface area contributed by atoms with Crippen molar-refractivity contribution < 1.29 is 24.7 Å². The highest BCUT2D eigenvalue weighted by molar-refractivity contribution is 5.90. The van der Waals surface area contributed by atoms with Gasteiger partial charge in [0, 0.05) is 6.07 Å². The highest BCUT2D eigenvalue weighted by Crippen LogP contribution is 2.29. The van der Waals surface area contributed by atoms with Crippen LogP contribution in [0.4, 0.5) is 5.69 Å². The average Bonchev–Trinajstić information content (AvgIpc) is 2.50. The smallest absolute Gasteiger partial charge is 0.338 e. The number of aliphatic hydroxyl groups excluding tert-OH is 2. The molecule has 0 amide bonds. The van der Waals surface area contributed by atoms with Gasteiger partial charge in [-0.3, -0.25) is 10.1 Å². The van der Waals surface area contributed by atoms with Gasteiger partial charge in [0.1, 0.15) is 6.10 Å². The first-order valence-electron chi connectivity index (χ1n) is 6.29. The monoisotopic (exact) mass is 298 g/mol. The van der Waals surface area contributed by atoms with Crippen molar-refractivity contribution >= 4 is 11.7 Å². The molecular formula is C13H18N2O6. The molecule has 21 heavy (non-hydrogen) atoms. The minimum Gasteiger partial charge on any atom is -0.465 e. The van der Waals surface area contributed by atoms with Gasteiger partial charge in [-0.05, 0) is 32.1 Å². The first-order valence-corrected chi connectivity index (χ1v) is 6.29. The first kappa shape index (κ1) is 17.0. The number of hydrogen-bond donors (Lipinski definition) is 3. The number of carbonyl (C=O) groups excluding carboxylic acids is 1. The van der Waals surface area contributed by atoms with Gasteiger partial charge in [0.15, 0.2) is 0 Å². The van der Waals surface area contributed by atoms with Gasteiger partial charge >= 0.3 is 5.97 Å². The molecule has 0 bridgehead atoms. The molecule has 3 N–H and O–H groups in total. The van der Waals surface area contributed by atoms with Gasteiger partial charge in [-0.1, -0.05) is 0 Å². The lowest BCUT2D eigenvalue weighted by Crippen LogP contribution is -2.24. The second kappa shape index (κ2) is 7.67. The van der Waals surface area contributed by atoms with Crippen LogP contribution < -0.4 is 5.32 Å². The minimum absolute atomic E-state index is 0.00450. The predicted molar refractivity (Wildman–Crippen MR) is 73.9 cm³/mol. The topological polar surface area (TPSA) is 122 Å². The maximum atomic E-state index is 11.4. The zero-order valence-corrected chi connectivity index (χ0v) is 11.8. The Morgan fingerprint density at radius 3 is 2.67 bits per heavy atom. The Labute approximate surface area is 121 Å². The molecule has 0 aliphatic heterocycles. The summed E-state index contributed by atoms with van der Waals surface area (Å²) in [6.07, 6.45) is -2.33. The number of nitro groups is 1. The normalized spacial score (nSPS) is 13.5. The van der Waals surface area contributed by atoms with Crippen LogP contribution >= 0.6 is 0 Å². The summed E-state index contributed by atoms with van der Waals surface area (Å²) in [5.41, 5.74) is -0.477. The van der Waals surface area contributed by atoms with Crippen LogP contribution in [0.1, 0.15) is 28.4 Å². The van der Waals surface area contributed by atoms with E-state index in [-0.39, 0.29) is 17.5 Å². The maximum Gasteiger partial charge on any atom is 0.338 e. The van der Waals surface area contributed by atoms with Crippen molar-refractivity contribution in [3.8, 4) is 0 Å². The van der Waals surface area contributed by atoms with Gasteiger partial charge in [-0.15, -0.1) is 0 Å². The van der Waals surface area contributed by atoms with E-state index in [4.69, 9.17) is 0 Å². The van der Waals surface area contributed by atoms with Gasteiger partial charge in [0.05, 0.1) is 29.3 Å². The Morgan fingerprint density at radius 2 is 2.14 bits per heavy atom. The third-order valence-corrected chi connectivity index (χ3v) is 3.02. The van der Waals surface area contributed by atoms with Crippen LogP contribution in [-0.2, 0) is 4.74 Å². The van der Waals surface area contributed by atoms with Crippen LogP contribution in [0.2, 0.25) is 0 Å². The molecule has 8 heteroatoms. The number of nitrogens with one attached hydrogen (secondary N) is 1. The molecule has 0 aromatic heterocycles. The largest absolute Gasteiger partial charge is 0.465 e. The molecule has 0 saturated carbocycles. The molecule has 0 radical (unpaired) electrons. The van der Waals surface area contributed by atoms with E-state index in [1.807, 2.05) is 0 Å². The number of rotatable bonds is 7. The van der Waals surface area contributed by atoms with Crippen molar-refractivity contribution in [2.45, 2.75) is 18.6 Å². The quantitative estimate of drug-likeness (QED) is 0.378. The van der Waals surface area contributed by atoms with E-state index < -0.39 is 28.8 Å². The number of nitrogens with zero attached hydrogens (tertiary/aromatic N) is 1. The summed E-state index contributed by atoms with van der Waals surface area (Å²) >= 11 is 0. The second-order valence-electron chi connectivity index (χ2n) is 4.43. The van der Waals surface area contributed by atoms with Crippen molar-refractivity contribution in [2.75, 3.05) is 20.7 Å². The predicted octanol–water partition coefficient (Wildman–Crippen LogP) is 0.385. The number of nitro benzene ring substituents is 1. The molecule has 0 heterocycles. The fraction of sp³-hybridized carbons (Fsp3) is 0.462. The lowest BCUT2D eigenvalue weighted by Gasteiger charge is -2.18. The van der Waals surface area contributed by atoms with Crippen LogP contribution in [0, 0.1) is 10.1 Å². The van der Waals surface area contributed by atoms with Crippen LogP contribution in [0.25, 0.3) is 0 Å². The second-order valence-corrected chi connectivity index (χ2v) is 4.43. The number of benzene rings is 1. The third-order valence-electron chi connectivity index (χ3n) is 3.02. The van der Waals surface area contributed by atoms with Crippen LogP contribution in [0.15, 0.2) is 18.2 Å². The first-order chi connectivity index (χ1) is 9.92.